The molecule has 0 spiro atoms. The Morgan fingerprint density at radius 1 is 1.33 bits per heavy atom. The number of piperidine rings is 1. The van der Waals surface area contributed by atoms with Crippen molar-refractivity contribution in [3.63, 3.8) is 0 Å². The average molecular weight is 369 g/mol. The number of amides is 1. The first-order valence-corrected chi connectivity index (χ1v) is 9.17. The van der Waals surface area contributed by atoms with Crippen LogP contribution in [-0.4, -0.2) is 66.5 Å². The third-order valence-electron chi connectivity index (χ3n) is 4.85. The minimum Gasteiger partial charge on any atom is -0.497 e. The Balaban J connectivity index is 1.88. The predicted molar refractivity (Wildman–Crippen MR) is 106 cm³/mol. The molecule has 0 unspecified atom stereocenters. The van der Waals surface area contributed by atoms with Gasteiger partial charge in [0.05, 0.1) is 19.3 Å². The molecule has 1 fully saturated rings. The van der Waals surface area contributed by atoms with Crippen LogP contribution in [0.3, 0.4) is 0 Å². The van der Waals surface area contributed by atoms with E-state index in [-0.39, 0.29) is 17.8 Å². The fourth-order valence-electron chi connectivity index (χ4n) is 3.51. The van der Waals surface area contributed by atoms with Gasteiger partial charge in [0.1, 0.15) is 5.75 Å². The Labute approximate surface area is 160 Å². The summed E-state index contributed by atoms with van der Waals surface area (Å²) >= 11 is 0. The van der Waals surface area contributed by atoms with Crippen molar-refractivity contribution in [2.75, 3.05) is 46.6 Å². The first-order valence-electron chi connectivity index (χ1n) is 9.17. The van der Waals surface area contributed by atoms with E-state index in [1.807, 2.05) is 48.2 Å². The van der Waals surface area contributed by atoms with Crippen molar-refractivity contribution in [1.82, 2.24) is 19.8 Å². The normalized spacial score (nSPS) is 17.2. The van der Waals surface area contributed by atoms with Gasteiger partial charge in [0.25, 0.3) is 0 Å². The van der Waals surface area contributed by atoms with Crippen molar-refractivity contribution in [3.05, 3.63) is 36.2 Å². The van der Waals surface area contributed by atoms with Gasteiger partial charge in [0, 0.05) is 30.8 Å². The molecule has 1 aliphatic rings. The van der Waals surface area contributed by atoms with Gasteiger partial charge in [0.15, 0.2) is 0 Å². The summed E-state index contributed by atoms with van der Waals surface area (Å²) in [7, 11) is 5.46. The Bertz CT molecular complexity index is 791. The van der Waals surface area contributed by atoms with Gasteiger partial charge < -0.3 is 20.3 Å². The molecule has 7 heteroatoms. The zero-order valence-corrected chi connectivity index (χ0v) is 16.2. The van der Waals surface area contributed by atoms with Crippen LogP contribution in [0.25, 0.3) is 11.1 Å². The zero-order chi connectivity index (χ0) is 19.4. The number of methoxy groups -OCH3 is 1. The number of rotatable bonds is 5. The van der Waals surface area contributed by atoms with Crippen LogP contribution in [-0.2, 0) is 4.79 Å². The summed E-state index contributed by atoms with van der Waals surface area (Å²) < 4.78 is 5.24. The van der Waals surface area contributed by atoms with Crippen molar-refractivity contribution in [1.29, 1.82) is 0 Å². The number of likely N-dealkylation sites (N-methyl/N-ethyl adjacent to an activating group) is 1. The third kappa shape index (κ3) is 4.54. The molecular weight excluding hydrogens is 342 g/mol. The Kier molecular flexibility index (Phi) is 5.91. The largest absolute Gasteiger partial charge is 0.497 e. The summed E-state index contributed by atoms with van der Waals surface area (Å²) in [6, 6.07) is 7.83. The van der Waals surface area contributed by atoms with E-state index in [1.54, 1.807) is 13.3 Å². The summed E-state index contributed by atoms with van der Waals surface area (Å²) in [5, 5.41) is 0. The van der Waals surface area contributed by atoms with Gasteiger partial charge in [-0.3, -0.25) is 4.79 Å². The van der Waals surface area contributed by atoms with Gasteiger partial charge in [0.2, 0.25) is 11.9 Å². The standard InChI is InChI=1S/C20H27N5O2/c1-24(2)13-18(26)25-10-4-5-15(12-25)19-17(11-22-20(21)23-19)14-6-8-16(27-3)9-7-14/h6-9,11,15H,4-5,10,12-13H2,1-3H3,(H2,21,22,23)/t15-/m1/s1. The maximum Gasteiger partial charge on any atom is 0.236 e. The number of nitrogens with two attached hydrogens (primary N) is 1. The molecule has 1 amide bonds. The second-order valence-corrected chi connectivity index (χ2v) is 7.17. The summed E-state index contributed by atoms with van der Waals surface area (Å²) in [6.07, 6.45) is 3.71. The van der Waals surface area contributed by atoms with Gasteiger partial charge in [-0.2, -0.15) is 0 Å². The minimum atomic E-state index is 0.146. The fraction of sp³-hybridized carbons (Fsp3) is 0.450. The van der Waals surface area contributed by atoms with Crippen LogP contribution >= 0.6 is 0 Å². The van der Waals surface area contributed by atoms with Gasteiger partial charge >= 0.3 is 0 Å². The lowest BCUT2D eigenvalue weighted by Crippen LogP contribution is -2.43. The molecule has 3 rings (SSSR count). The highest BCUT2D eigenvalue weighted by atomic mass is 16.5. The molecule has 1 aromatic carbocycles. The number of carbonyl (C=O) groups excluding carboxylic acids is 1. The molecule has 144 valence electrons. The van der Waals surface area contributed by atoms with Crippen LogP contribution in [0, 0.1) is 0 Å². The number of carbonyl (C=O) groups is 1. The average Bonchev–Trinajstić information content (AvgIpc) is 2.67. The van der Waals surface area contributed by atoms with E-state index >= 15 is 0 Å². The molecule has 0 aliphatic carbocycles. The summed E-state index contributed by atoms with van der Waals surface area (Å²) in [4.78, 5) is 25.1. The Hall–Kier alpha value is -2.67. The summed E-state index contributed by atoms with van der Waals surface area (Å²) in [5.41, 5.74) is 8.77. The molecule has 27 heavy (non-hydrogen) atoms. The molecule has 0 radical (unpaired) electrons. The van der Waals surface area contributed by atoms with Gasteiger partial charge in [-0.15, -0.1) is 0 Å². The number of nitrogen functional groups attached to an aromatic ring is 1. The SMILES string of the molecule is COc1ccc(-c2cnc(N)nc2[C@@H]2CCCN(C(=O)CN(C)C)C2)cc1. The summed E-state index contributed by atoms with van der Waals surface area (Å²) in [5.74, 6) is 1.36. The number of anilines is 1. The van der Waals surface area contributed by atoms with Crippen LogP contribution in [0.2, 0.25) is 0 Å². The number of benzene rings is 1. The molecule has 2 N–H and O–H groups in total. The monoisotopic (exact) mass is 369 g/mol. The number of hydrogen-bond donors (Lipinski definition) is 1. The Morgan fingerprint density at radius 3 is 2.74 bits per heavy atom. The number of aromatic nitrogens is 2. The number of hydrogen-bond acceptors (Lipinski definition) is 6. The third-order valence-corrected chi connectivity index (χ3v) is 4.85. The van der Waals surface area contributed by atoms with Crippen molar-refractivity contribution < 1.29 is 9.53 Å². The van der Waals surface area contributed by atoms with E-state index in [9.17, 15) is 4.79 Å². The highest BCUT2D eigenvalue weighted by molar-refractivity contribution is 5.78. The first-order chi connectivity index (χ1) is 13.0. The molecule has 1 aliphatic heterocycles. The first kappa shape index (κ1) is 19.1. The van der Waals surface area contributed by atoms with Crippen LogP contribution in [0.1, 0.15) is 24.5 Å². The van der Waals surface area contributed by atoms with Gasteiger partial charge in [-0.05, 0) is 44.6 Å². The van der Waals surface area contributed by atoms with Gasteiger partial charge in [-0.1, -0.05) is 12.1 Å². The topological polar surface area (TPSA) is 84.6 Å². The quantitative estimate of drug-likeness (QED) is 0.868. The van der Waals surface area contributed by atoms with Crippen LogP contribution < -0.4 is 10.5 Å². The van der Waals surface area contributed by atoms with E-state index in [1.165, 1.54) is 0 Å². The predicted octanol–water partition coefficient (Wildman–Crippen LogP) is 2.00. The van der Waals surface area contributed by atoms with E-state index in [0.29, 0.717) is 13.1 Å². The highest BCUT2D eigenvalue weighted by Crippen LogP contribution is 2.34. The molecular formula is C20H27N5O2. The van der Waals surface area contributed by atoms with E-state index < -0.39 is 0 Å². The molecule has 7 nitrogen and oxygen atoms in total. The maximum atomic E-state index is 12.5. The van der Waals surface area contributed by atoms with E-state index in [4.69, 9.17) is 10.5 Å². The van der Waals surface area contributed by atoms with Crippen LogP contribution in [0.5, 0.6) is 5.75 Å². The smallest absolute Gasteiger partial charge is 0.236 e. The van der Waals surface area contributed by atoms with E-state index in [0.717, 1.165) is 42.0 Å². The molecule has 1 aromatic heterocycles. The number of nitrogens with zero attached hydrogens (tertiary/aromatic N) is 4. The Morgan fingerprint density at radius 2 is 2.07 bits per heavy atom. The molecule has 1 atom stereocenters. The van der Waals surface area contributed by atoms with E-state index in [2.05, 4.69) is 9.97 Å². The highest BCUT2D eigenvalue weighted by Gasteiger charge is 2.28. The second kappa shape index (κ2) is 8.35. The maximum absolute atomic E-state index is 12.5. The fourth-order valence-corrected chi connectivity index (χ4v) is 3.51. The molecule has 0 bridgehead atoms. The van der Waals surface area contributed by atoms with Crippen molar-refractivity contribution in [2.45, 2.75) is 18.8 Å². The number of ether oxygens (including phenoxy) is 1. The van der Waals surface area contributed by atoms with Gasteiger partial charge in [-0.25, -0.2) is 9.97 Å². The number of likely N-dealkylation sites (tertiary alicyclic amines) is 1. The second-order valence-electron chi connectivity index (χ2n) is 7.17. The van der Waals surface area contributed by atoms with Crippen LogP contribution in [0.4, 0.5) is 5.95 Å². The minimum absolute atomic E-state index is 0.146. The zero-order valence-electron chi connectivity index (χ0n) is 16.2. The molecule has 2 aromatic rings. The summed E-state index contributed by atoms with van der Waals surface area (Å²) in [6.45, 7) is 1.87. The molecule has 1 saturated heterocycles. The van der Waals surface area contributed by atoms with Crippen LogP contribution in [0.15, 0.2) is 30.5 Å². The lowest BCUT2D eigenvalue weighted by atomic mass is 9.90. The lowest BCUT2D eigenvalue weighted by molar-refractivity contribution is -0.133. The molecule has 0 saturated carbocycles. The lowest BCUT2D eigenvalue weighted by Gasteiger charge is -2.34. The molecule has 2 heterocycles. The van der Waals surface area contributed by atoms with Crippen molar-refractivity contribution in [3.8, 4) is 16.9 Å². The van der Waals surface area contributed by atoms with Crippen molar-refractivity contribution >= 4 is 11.9 Å². The van der Waals surface area contributed by atoms with Crippen molar-refractivity contribution in [2.24, 2.45) is 0 Å².